The Morgan fingerprint density at radius 2 is 2.21 bits per heavy atom. The van der Waals surface area contributed by atoms with E-state index in [2.05, 4.69) is 4.98 Å². The number of aromatic nitrogens is 1. The van der Waals surface area contributed by atoms with Crippen molar-refractivity contribution in [1.82, 2.24) is 4.98 Å². The van der Waals surface area contributed by atoms with Gasteiger partial charge >= 0.3 is 5.97 Å². The normalized spacial score (nSPS) is 10.8. The largest absolute Gasteiger partial charge is 0.477 e. The molecule has 2 aromatic heterocycles. The third kappa shape index (κ3) is 3.14. The van der Waals surface area contributed by atoms with Crippen molar-refractivity contribution in [3.05, 3.63) is 57.6 Å². The van der Waals surface area contributed by atoms with Gasteiger partial charge in [-0.25, -0.2) is 4.79 Å². The molecule has 0 aromatic carbocycles. The zero-order chi connectivity index (χ0) is 13.8. The van der Waals surface area contributed by atoms with Crippen molar-refractivity contribution in [1.29, 1.82) is 0 Å². The second kappa shape index (κ2) is 5.58. The third-order valence-electron chi connectivity index (χ3n) is 2.56. The summed E-state index contributed by atoms with van der Waals surface area (Å²) >= 11 is 1.04. The highest BCUT2D eigenvalue weighted by Gasteiger charge is 2.10. The summed E-state index contributed by atoms with van der Waals surface area (Å²) in [5.41, 5.74) is 2.09. The molecule has 0 saturated heterocycles. The van der Waals surface area contributed by atoms with E-state index in [-0.39, 0.29) is 10.7 Å². The molecule has 0 aliphatic heterocycles. The number of thiophene rings is 1. The number of ketones is 1. The first kappa shape index (κ1) is 13.2. The van der Waals surface area contributed by atoms with E-state index in [4.69, 9.17) is 5.11 Å². The van der Waals surface area contributed by atoms with Gasteiger partial charge in [-0.2, -0.15) is 0 Å². The summed E-state index contributed by atoms with van der Waals surface area (Å²) in [5.74, 6) is -1.23. The lowest BCUT2D eigenvalue weighted by atomic mass is 10.1. The number of carbonyl (C=O) groups is 2. The standard InChI is InChI=1S/C14H11NO3S/c1-9-10(3-2-6-15-9)4-5-12(16)11-7-13(14(17)18)19-8-11/h2-8H,1H3,(H,17,18)/b5-4+. The summed E-state index contributed by atoms with van der Waals surface area (Å²) < 4.78 is 0. The lowest BCUT2D eigenvalue weighted by Crippen LogP contribution is -1.94. The van der Waals surface area contributed by atoms with Crippen LogP contribution >= 0.6 is 11.3 Å². The molecule has 0 spiro atoms. The van der Waals surface area contributed by atoms with Crippen molar-refractivity contribution in [3.63, 3.8) is 0 Å². The van der Waals surface area contributed by atoms with Crippen LogP contribution in [0.2, 0.25) is 0 Å². The molecule has 0 amide bonds. The average Bonchev–Trinajstić information content (AvgIpc) is 2.87. The van der Waals surface area contributed by atoms with Gasteiger partial charge in [0.1, 0.15) is 4.88 Å². The van der Waals surface area contributed by atoms with Gasteiger partial charge in [-0.1, -0.05) is 6.07 Å². The third-order valence-corrected chi connectivity index (χ3v) is 3.48. The topological polar surface area (TPSA) is 67.3 Å². The van der Waals surface area contributed by atoms with E-state index in [0.29, 0.717) is 5.56 Å². The van der Waals surface area contributed by atoms with E-state index < -0.39 is 5.97 Å². The smallest absolute Gasteiger partial charge is 0.345 e. The van der Waals surface area contributed by atoms with Crippen LogP contribution in [-0.4, -0.2) is 21.8 Å². The Hall–Kier alpha value is -2.27. The first-order valence-corrected chi connectivity index (χ1v) is 6.42. The van der Waals surface area contributed by atoms with Gasteiger partial charge in [0, 0.05) is 22.8 Å². The molecular formula is C14H11NO3S. The molecule has 0 aliphatic rings. The molecule has 0 fully saturated rings. The first-order valence-electron chi connectivity index (χ1n) is 5.54. The number of carbonyl (C=O) groups excluding carboxylic acids is 1. The van der Waals surface area contributed by atoms with Crippen LogP contribution in [0.25, 0.3) is 6.08 Å². The lowest BCUT2D eigenvalue weighted by molar-refractivity contribution is 0.0702. The molecule has 0 bridgehead atoms. The van der Waals surface area contributed by atoms with Crippen LogP contribution in [0.3, 0.4) is 0 Å². The van der Waals surface area contributed by atoms with Crippen LogP contribution < -0.4 is 0 Å². The highest BCUT2D eigenvalue weighted by Crippen LogP contribution is 2.16. The van der Waals surface area contributed by atoms with Gasteiger partial charge in [0.05, 0.1) is 0 Å². The van der Waals surface area contributed by atoms with Crippen LogP contribution in [0.1, 0.15) is 31.3 Å². The van der Waals surface area contributed by atoms with E-state index in [9.17, 15) is 9.59 Å². The van der Waals surface area contributed by atoms with Crippen molar-refractivity contribution in [2.45, 2.75) is 6.92 Å². The maximum atomic E-state index is 11.9. The molecule has 2 aromatic rings. The Balaban J connectivity index is 2.17. The zero-order valence-corrected chi connectivity index (χ0v) is 11.0. The Labute approximate surface area is 114 Å². The Kier molecular flexibility index (Phi) is 3.87. The summed E-state index contributed by atoms with van der Waals surface area (Å²) in [5, 5.41) is 10.3. The Morgan fingerprint density at radius 1 is 1.42 bits per heavy atom. The van der Waals surface area contributed by atoms with Crippen LogP contribution in [0.15, 0.2) is 35.9 Å². The van der Waals surface area contributed by atoms with Crippen molar-refractivity contribution >= 4 is 29.2 Å². The highest BCUT2D eigenvalue weighted by atomic mass is 32.1. The van der Waals surface area contributed by atoms with Crippen molar-refractivity contribution in [2.75, 3.05) is 0 Å². The number of aromatic carboxylic acids is 1. The number of rotatable bonds is 4. The minimum absolute atomic E-state index is 0.161. The monoisotopic (exact) mass is 273 g/mol. The van der Waals surface area contributed by atoms with E-state index in [1.165, 1.54) is 12.1 Å². The molecule has 0 atom stereocenters. The second-order valence-electron chi connectivity index (χ2n) is 3.88. The molecule has 19 heavy (non-hydrogen) atoms. The number of carboxylic acids is 1. The number of hydrogen-bond acceptors (Lipinski definition) is 4. The predicted octanol–water partition coefficient (Wildman–Crippen LogP) is 3.05. The first-order chi connectivity index (χ1) is 9.08. The van der Waals surface area contributed by atoms with Crippen molar-refractivity contribution < 1.29 is 14.7 Å². The lowest BCUT2D eigenvalue weighted by Gasteiger charge is -1.96. The van der Waals surface area contributed by atoms with Crippen molar-refractivity contribution in [3.8, 4) is 0 Å². The van der Waals surface area contributed by atoms with E-state index in [1.54, 1.807) is 23.7 Å². The summed E-state index contributed by atoms with van der Waals surface area (Å²) in [7, 11) is 0. The second-order valence-corrected chi connectivity index (χ2v) is 4.79. The summed E-state index contributed by atoms with van der Waals surface area (Å²) in [6.45, 7) is 1.86. The van der Waals surface area contributed by atoms with Gasteiger partial charge < -0.3 is 5.11 Å². The van der Waals surface area contributed by atoms with Crippen LogP contribution in [-0.2, 0) is 0 Å². The quantitative estimate of drug-likeness (QED) is 0.686. The average molecular weight is 273 g/mol. The fourth-order valence-electron chi connectivity index (χ4n) is 1.51. The minimum Gasteiger partial charge on any atom is -0.477 e. The molecule has 96 valence electrons. The molecule has 2 heterocycles. The molecule has 0 saturated carbocycles. The molecule has 5 heteroatoms. The van der Waals surface area contributed by atoms with Crippen LogP contribution in [0, 0.1) is 6.92 Å². The van der Waals surface area contributed by atoms with E-state index in [0.717, 1.165) is 22.6 Å². The SMILES string of the molecule is Cc1ncccc1/C=C/C(=O)c1csc(C(=O)O)c1. The molecule has 1 N–H and O–H groups in total. The van der Waals surface area contributed by atoms with Gasteiger partial charge in [-0.3, -0.25) is 9.78 Å². The fourth-order valence-corrected chi connectivity index (χ4v) is 2.25. The molecule has 4 nitrogen and oxygen atoms in total. The highest BCUT2D eigenvalue weighted by molar-refractivity contribution is 7.12. The number of nitrogens with zero attached hydrogens (tertiary/aromatic N) is 1. The maximum absolute atomic E-state index is 11.9. The maximum Gasteiger partial charge on any atom is 0.345 e. The Bertz CT molecular complexity index is 658. The van der Waals surface area contributed by atoms with Gasteiger partial charge in [-0.15, -0.1) is 11.3 Å². The Morgan fingerprint density at radius 3 is 2.84 bits per heavy atom. The summed E-state index contributed by atoms with van der Waals surface area (Å²) in [4.78, 5) is 26.9. The van der Waals surface area contributed by atoms with Gasteiger partial charge in [0.15, 0.2) is 5.78 Å². The number of allylic oxidation sites excluding steroid dienone is 1. The summed E-state index contributed by atoms with van der Waals surface area (Å²) in [6, 6.07) is 5.04. The number of pyridine rings is 1. The number of carboxylic acid groups (broad SMARTS) is 1. The van der Waals surface area contributed by atoms with Gasteiger partial charge in [-0.05, 0) is 36.8 Å². The van der Waals surface area contributed by atoms with E-state index >= 15 is 0 Å². The molecule has 0 radical (unpaired) electrons. The van der Waals surface area contributed by atoms with Gasteiger partial charge in [0.2, 0.25) is 0 Å². The zero-order valence-electron chi connectivity index (χ0n) is 10.2. The molecule has 2 rings (SSSR count). The van der Waals surface area contributed by atoms with E-state index in [1.807, 2.05) is 13.0 Å². The molecule has 0 unspecified atom stereocenters. The summed E-state index contributed by atoms with van der Waals surface area (Å²) in [6.07, 6.45) is 4.80. The minimum atomic E-state index is -1.02. The number of aryl methyl sites for hydroxylation is 1. The van der Waals surface area contributed by atoms with Gasteiger partial charge in [0.25, 0.3) is 0 Å². The fraction of sp³-hybridized carbons (Fsp3) is 0.0714. The van der Waals surface area contributed by atoms with Crippen LogP contribution in [0.4, 0.5) is 0 Å². The molecule has 0 aliphatic carbocycles. The van der Waals surface area contributed by atoms with Crippen LogP contribution in [0.5, 0.6) is 0 Å². The predicted molar refractivity (Wildman–Crippen MR) is 73.6 cm³/mol. The number of hydrogen-bond donors (Lipinski definition) is 1. The molecular weight excluding hydrogens is 262 g/mol. The van der Waals surface area contributed by atoms with Crippen molar-refractivity contribution in [2.24, 2.45) is 0 Å².